The Balaban J connectivity index is 3.58. The average molecular weight is 216 g/mol. The van der Waals surface area contributed by atoms with E-state index in [1.165, 1.54) is 0 Å². The molecule has 3 N–H and O–H groups in total. The van der Waals surface area contributed by atoms with Crippen molar-refractivity contribution in [2.24, 2.45) is 5.73 Å². The molecule has 0 aliphatic rings. The van der Waals surface area contributed by atoms with Crippen LogP contribution in [0.15, 0.2) is 0 Å². The van der Waals surface area contributed by atoms with Gasteiger partial charge < -0.3 is 15.8 Å². The lowest BCUT2D eigenvalue weighted by molar-refractivity contribution is -0.122. The first kappa shape index (κ1) is 14.4. The summed E-state index contributed by atoms with van der Waals surface area (Å²) in [5, 5.41) is 2.84. The minimum atomic E-state index is -0.295. The normalized spacial score (nSPS) is 13.7. The van der Waals surface area contributed by atoms with Gasteiger partial charge in [0.2, 0.25) is 5.91 Å². The first-order valence-corrected chi connectivity index (χ1v) is 5.45. The topological polar surface area (TPSA) is 64.3 Å². The molecule has 4 nitrogen and oxygen atoms in total. The van der Waals surface area contributed by atoms with Crippen LogP contribution in [0, 0.1) is 0 Å². The van der Waals surface area contributed by atoms with Crippen LogP contribution in [0.1, 0.15) is 40.0 Å². The summed E-state index contributed by atoms with van der Waals surface area (Å²) in [6.07, 6.45) is 2.28. The van der Waals surface area contributed by atoms with Gasteiger partial charge >= 0.3 is 0 Å². The van der Waals surface area contributed by atoms with Crippen molar-refractivity contribution in [3.63, 3.8) is 0 Å². The zero-order valence-electron chi connectivity index (χ0n) is 10.3. The highest BCUT2D eigenvalue weighted by Crippen LogP contribution is 2.05. The lowest BCUT2D eigenvalue weighted by Gasteiger charge is -2.23. The van der Waals surface area contributed by atoms with Gasteiger partial charge in [-0.25, -0.2) is 0 Å². The van der Waals surface area contributed by atoms with Crippen LogP contribution in [-0.4, -0.2) is 31.2 Å². The van der Waals surface area contributed by atoms with Crippen LogP contribution in [0.4, 0.5) is 0 Å². The summed E-state index contributed by atoms with van der Waals surface area (Å²) in [5.41, 5.74) is 5.30. The third-order valence-corrected chi connectivity index (χ3v) is 2.33. The molecule has 4 heteroatoms. The molecule has 0 rings (SSSR count). The van der Waals surface area contributed by atoms with E-state index in [0.29, 0.717) is 13.0 Å². The van der Waals surface area contributed by atoms with Crippen molar-refractivity contribution < 1.29 is 9.53 Å². The second-order valence-electron chi connectivity index (χ2n) is 4.61. The molecular formula is C11H24N2O2. The molecule has 0 saturated carbocycles. The Bertz CT molecular complexity index is 191. The second-order valence-corrected chi connectivity index (χ2v) is 4.61. The van der Waals surface area contributed by atoms with Crippen LogP contribution < -0.4 is 11.1 Å². The zero-order valence-corrected chi connectivity index (χ0v) is 10.3. The van der Waals surface area contributed by atoms with Crippen LogP contribution in [0.25, 0.3) is 0 Å². The average Bonchev–Trinajstić information content (AvgIpc) is 2.14. The van der Waals surface area contributed by atoms with Gasteiger partial charge in [-0.05, 0) is 33.6 Å². The summed E-state index contributed by atoms with van der Waals surface area (Å²) in [7, 11) is 1.64. The molecule has 0 bridgehead atoms. The van der Waals surface area contributed by atoms with Gasteiger partial charge in [-0.2, -0.15) is 0 Å². The van der Waals surface area contributed by atoms with E-state index in [2.05, 4.69) is 5.32 Å². The Kier molecular flexibility index (Phi) is 6.52. The number of ether oxygens (including phenoxy) is 1. The molecule has 90 valence electrons. The molecule has 0 aromatic heterocycles. The Labute approximate surface area is 92.6 Å². The van der Waals surface area contributed by atoms with Gasteiger partial charge in [0, 0.05) is 26.1 Å². The standard InChI is InChI=1S/C11H24N2O2/c1-9(12)6-5-7-10(14)13-8-11(2,3)15-4/h9H,5-8,12H2,1-4H3,(H,13,14). The minimum Gasteiger partial charge on any atom is -0.377 e. The maximum absolute atomic E-state index is 11.4. The van der Waals surface area contributed by atoms with E-state index >= 15 is 0 Å². The predicted octanol–water partition coefficient (Wildman–Crippen LogP) is 1.05. The lowest BCUT2D eigenvalue weighted by Crippen LogP contribution is -2.39. The van der Waals surface area contributed by atoms with Gasteiger partial charge in [-0.15, -0.1) is 0 Å². The molecule has 1 atom stereocenters. The number of rotatable bonds is 7. The van der Waals surface area contributed by atoms with Gasteiger partial charge in [0.25, 0.3) is 0 Å². The largest absolute Gasteiger partial charge is 0.377 e. The Morgan fingerprint density at radius 3 is 2.60 bits per heavy atom. The van der Waals surface area contributed by atoms with Crippen molar-refractivity contribution in [2.45, 2.75) is 51.7 Å². The maximum Gasteiger partial charge on any atom is 0.220 e. The number of amides is 1. The fraction of sp³-hybridized carbons (Fsp3) is 0.909. The van der Waals surface area contributed by atoms with Crippen LogP contribution >= 0.6 is 0 Å². The molecule has 0 radical (unpaired) electrons. The highest BCUT2D eigenvalue weighted by Gasteiger charge is 2.16. The van der Waals surface area contributed by atoms with Crippen LogP contribution in [-0.2, 0) is 9.53 Å². The van der Waals surface area contributed by atoms with Crippen molar-refractivity contribution in [3.8, 4) is 0 Å². The molecule has 0 aromatic rings. The zero-order chi connectivity index (χ0) is 11.9. The Morgan fingerprint density at radius 1 is 1.53 bits per heavy atom. The Hall–Kier alpha value is -0.610. The smallest absolute Gasteiger partial charge is 0.220 e. The Morgan fingerprint density at radius 2 is 2.13 bits per heavy atom. The van der Waals surface area contributed by atoms with Gasteiger partial charge in [0.15, 0.2) is 0 Å². The molecule has 0 heterocycles. The number of nitrogens with one attached hydrogen (secondary N) is 1. The fourth-order valence-corrected chi connectivity index (χ4v) is 1.06. The summed E-state index contributed by atoms with van der Waals surface area (Å²) in [6.45, 7) is 6.37. The lowest BCUT2D eigenvalue weighted by atomic mass is 10.1. The van der Waals surface area contributed by atoms with E-state index in [1.807, 2.05) is 20.8 Å². The quantitative estimate of drug-likeness (QED) is 0.668. The van der Waals surface area contributed by atoms with E-state index in [9.17, 15) is 4.79 Å². The SMILES string of the molecule is COC(C)(C)CNC(=O)CCCC(C)N. The van der Waals surface area contributed by atoms with Crippen LogP contribution in [0.2, 0.25) is 0 Å². The van der Waals surface area contributed by atoms with Crippen molar-refractivity contribution in [3.05, 3.63) is 0 Å². The van der Waals surface area contributed by atoms with Crippen molar-refractivity contribution in [1.82, 2.24) is 5.32 Å². The van der Waals surface area contributed by atoms with Gasteiger partial charge in [0.1, 0.15) is 0 Å². The fourth-order valence-electron chi connectivity index (χ4n) is 1.06. The van der Waals surface area contributed by atoms with Crippen molar-refractivity contribution in [1.29, 1.82) is 0 Å². The molecule has 0 saturated heterocycles. The number of carbonyl (C=O) groups excluding carboxylic acids is 1. The van der Waals surface area contributed by atoms with E-state index in [0.717, 1.165) is 12.8 Å². The minimum absolute atomic E-state index is 0.0702. The number of hydrogen-bond donors (Lipinski definition) is 2. The van der Waals surface area contributed by atoms with Crippen molar-refractivity contribution in [2.75, 3.05) is 13.7 Å². The van der Waals surface area contributed by atoms with E-state index in [1.54, 1.807) is 7.11 Å². The van der Waals surface area contributed by atoms with Gasteiger partial charge in [-0.1, -0.05) is 0 Å². The van der Waals surface area contributed by atoms with E-state index in [-0.39, 0.29) is 17.6 Å². The number of methoxy groups -OCH3 is 1. The highest BCUT2D eigenvalue weighted by atomic mass is 16.5. The molecule has 0 aliphatic heterocycles. The summed E-state index contributed by atoms with van der Waals surface area (Å²) in [4.78, 5) is 11.4. The maximum atomic E-state index is 11.4. The van der Waals surface area contributed by atoms with Gasteiger partial charge in [-0.3, -0.25) is 4.79 Å². The summed E-state index contributed by atoms with van der Waals surface area (Å²) >= 11 is 0. The monoisotopic (exact) mass is 216 g/mol. The number of carbonyl (C=O) groups is 1. The third kappa shape index (κ3) is 8.39. The predicted molar refractivity (Wildman–Crippen MR) is 61.6 cm³/mol. The molecule has 1 amide bonds. The van der Waals surface area contributed by atoms with Crippen LogP contribution in [0.5, 0.6) is 0 Å². The first-order valence-electron chi connectivity index (χ1n) is 5.45. The molecule has 0 aromatic carbocycles. The molecule has 0 aliphatic carbocycles. The van der Waals surface area contributed by atoms with Gasteiger partial charge in [0.05, 0.1) is 5.60 Å². The summed E-state index contributed by atoms with van der Waals surface area (Å²) < 4.78 is 5.20. The first-order chi connectivity index (χ1) is 6.87. The summed E-state index contributed by atoms with van der Waals surface area (Å²) in [5.74, 6) is 0.0702. The molecule has 15 heavy (non-hydrogen) atoms. The molecular weight excluding hydrogens is 192 g/mol. The molecule has 1 unspecified atom stereocenters. The highest BCUT2D eigenvalue weighted by molar-refractivity contribution is 5.75. The third-order valence-electron chi connectivity index (χ3n) is 2.33. The van der Waals surface area contributed by atoms with E-state index < -0.39 is 0 Å². The second kappa shape index (κ2) is 6.80. The number of hydrogen-bond acceptors (Lipinski definition) is 3. The van der Waals surface area contributed by atoms with E-state index in [4.69, 9.17) is 10.5 Å². The summed E-state index contributed by atoms with van der Waals surface area (Å²) in [6, 6.07) is 0.174. The van der Waals surface area contributed by atoms with Crippen molar-refractivity contribution >= 4 is 5.91 Å². The van der Waals surface area contributed by atoms with Crippen LogP contribution in [0.3, 0.4) is 0 Å². The molecule has 0 fully saturated rings. The number of nitrogens with two attached hydrogens (primary N) is 1. The molecule has 0 spiro atoms.